The van der Waals surface area contributed by atoms with E-state index in [0.717, 1.165) is 37.7 Å². The van der Waals surface area contributed by atoms with Crippen molar-refractivity contribution in [3.63, 3.8) is 0 Å². The molecule has 0 amide bonds. The summed E-state index contributed by atoms with van der Waals surface area (Å²) in [5.74, 6) is 0.992. The van der Waals surface area contributed by atoms with Crippen molar-refractivity contribution in [1.29, 1.82) is 0 Å². The lowest BCUT2D eigenvalue weighted by Gasteiger charge is -2.38. The Labute approximate surface area is 116 Å². The maximum absolute atomic E-state index is 11.0. The summed E-state index contributed by atoms with van der Waals surface area (Å²) >= 11 is 0. The topological polar surface area (TPSA) is 80.9 Å². The van der Waals surface area contributed by atoms with Crippen LogP contribution in [0.15, 0.2) is 29.3 Å². The van der Waals surface area contributed by atoms with Gasteiger partial charge in [0.2, 0.25) is 0 Å². The molecule has 2 aromatic rings. The number of H-pyrrole nitrogens is 2. The number of aromatic amines is 2. The summed E-state index contributed by atoms with van der Waals surface area (Å²) < 4.78 is 0. The van der Waals surface area contributed by atoms with Gasteiger partial charge in [-0.05, 0) is 13.1 Å². The van der Waals surface area contributed by atoms with Crippen molar-refractivity contribution < 1.29 is 0 Å². The number of imidazole rings is 1. The van der Waals surface area contributed by atoms with Crippen LogP contribution in [0.1, 0.15) is 17.6 Å². The van der Waals surface area contributed by atoms with E-state index in [4.69, 9.17) is 0 Å². The highest BCUT2D eigenvalue weighted by atomic mass is 16.1. The van der Waals surface area contributed by atoms with Crippen molar-refractivity contribution in [2.45, 2.75) is 12.6 Å². The smallest absolute Gasteiger partial charge is 0.264 e. The van der Waals surface area contributed by atoms with Gasteiger partial charge in [-0.3, -0.25) is 14.6 Å². The second-order valence-corrected chi connectivity index (χ2v) is 5.12. The van der Waals surface area contributed by atoms with E-state index in [-0.39, 0.29) is 11.6 Å². The molecule has 1 aliphatic heterocycles. The van der Waals surface area contributed by atoms with Crippen molar-refractivity contribution in [3.05, 3.63) is 46.4 Å². The minimum Gasteiger partial charge on any atom is -0.347 e. The standard InChI is InChI=1S/C13H18N6O/c1-18-6-7-19(8-10-2-3-12(20)17-16-10)9-11(18)13-14-4-5-15-13/h2-5,11H,6-9H2,1H3,(H,14,15)(H,17,20). The van der Waals surface area contributed by atoms with Crippen molar-refractivity contribution >= 4 is 0 Å². The van der Waals surface area contributed by atoms with E-state index in [1.807, 2.05) is 6.20 Å². The van der Waals surface area contributed by atoms with Gasteiger partial charge in [-0.25, -0.2) is 10.1 Å². The molecule has 1 aliphatic rings. The molecular formula is C13H18N6O. The minimum absolute atomic E-state index is 0.166. The summed E-state index contributed by atoms with van der Waals surface area (Å²) in [7, 11) is 2.11. The Morgan fingerprint density at radius 1 is 1.40 bits per heavy atom. The van der Waals surface area contributed by atoms with E-state index >= 15 is 0 Å². The molecule has 1 unspecified atom stereocenters. The zero-order valence-corrected chi connectivity index (χ0v) is 11.4. The van der Waals surface area contributed by atoms with Gasteiger partial charge in [0.1, 0.15) is 5.82 Å². The van der Waals surface area contributed by atoms with Crippen LogP contribution < -0.4 is 5.56 Å². The third kappa shape index (κ3) is 2.78. The van der Waals surface area contributed by atoms with Crippen molar-refractivity contribution in [2.24, 2.45) is 0 Å². The molecule has 7 heteroatoms. The number of rotatable bonds is 3. The number of hydrogen-bond donors (Lipinski definition) is 2. The maximum atomic E-state index is 11.0. The zero-order chi connectivity index (χ0) is 13.9. The monoisotopic (exact) mass is 274 g/mol. The van der Waals surface area contributed by atoms with Crippen LogP contribution in [0.4, 0.5) is 0 Å². The van der Waals surface area contributed by atoms with Crippen LogP contribution in [0.5, 0.6) is 0 Å². The molecule has 0 aromatic carbocycles. The molecule has 2 aromatic heterocycles. The Morgan fingerprint density at radius 2 is 2.30 bits per heavy atom. The Balaban J connectivity index is 1.69. The van der Waals surface area contributed by atoms with Crippen LogP contribution in [0.25, 0.3) is 0 Å². The number of likely N-dealkylation sites (N-methyl/N-ethyl adjacent to an activating group) is 1. The second kappa shape index (κ2) is 5.56. The molecule has 3 heterocycles. The molecule has 20 heavy (non-hydrogen) atoms. The van der Waals surface area contributed by atoms with Crippen LogP contribution in [-0.2, 0) is 6.54 Å². The third-order valence-corrected chi connectivity index (χ3v) is 3.69. The molecular weight excluding hydrogens is 256 g/mol. The lowest BCUT2D eigenvalue weighted by Crippen LogP contribution is -2.46. The number of nitrogens with one attached hydrogen (secondary N) is 2. The Hall–Kier alpha value is -1.99. The highest BCUT2D eigenvalue weighted by Gasteiger charge is 2.27. The van der Waals surface area contributed by atoms with Crippen molar-refractivity contribution in [1.82, 2.24) is 30.0 Å². The van der Waals surface area contributed by atoms with Crippen LogP contribution in [0.2, 0.25) is 0 Å². The molecule has 7 nitrogen and oxygen atoms in total. The van der Waals surface area contributed by atoms with Crippen LogP contribution in [0, 0.1) is 0 Å². The lowest BCUT2D eigenvalue weighted by molar-refractivity contribution is 0.0852. The van der Waals surface area contributed by atoms with Crippen molar-refractivity contribution in [3.8, 4) is 0 Å². The van der Waals surface area contributed by atoms with Gasteiger partial charge in [-0.1, -0.05) is 0 Å². The fourth-order valence-electron chi connectivity index (χ4n) is 2.52. The second-order valence-electron chi connectivity index (χ2n) is 5.12. The summed E-state index contributed by atoms with van der Waals surface area (Å²) in [5, 5.41) is 6.54. The van der Waals surface area contributed by atoms with Gasteiger partial charge in [-0.2, -0.15) is 5.10 Å². The largest absolute Gasteiger partial charge is 0.347 e. The molecule has 1 fully saturated rings. The molecule has 3 rings (SSSR count). The number of piperazine rings is 1. The van der Waals surface area contributed by atoms with Gasteiger partial charge < -0.3 is 4.98 Å². The zero-order valence-electron chi connectivity index (χ0n) is 11.4. The van der Waals surface area contributed by atoms with Gasteiger partial charge in [-0.15, -0.1) is 0 Å². The summed E-state index contributed by atoms with van der Waals surface area (Å²) in [5.41, 5.74) is 0.716. The summed E-state index contributed by atoms with van der Waals surface area (Å²) in [6.45, 7) is 3.59. The Morgan fingerprint density at radius 3 is 3.00 bits per heavy atom. The fraction of sp³-hybridized carbons (Fsp3) is 0.462. The Bertz CT molecular complexity index is 587. The number of hydrogen-bond acceptors (Lipinski definition) is 5. The first kappa shape index (κ1) is 13.0. The first-order valence-corrected chi connectivity index (χ1v) is 6.69. The molecule has 2 N–H and O–H groups in total. The summed E-state index contributed by atoms with van der Waals surface area (Å²) in [6, 6.07) is 3.56. The normalized spacial score (nSPS) is 21.1. The fourth-order valence-corrected chi connectivity index (χ4v) is 2.52. The third-order valence-electron chi connectivity index (χ3n) is 3.69. The van der Waals surface area contributed by atoms with E-state index in [2.05, 4.69) is 37.0 Å². The molecule has 0 aliphatic carbocycles. The average molecular weight is 274 g/mol. The van der Waals surface area contributed by atoms with E-state index in [1.54, 1.807) is 12.3 Å². The van der Waals surface area contributed by atoms with Gasteiger partial charge in [0.25, 0.3) is 5.56 Å². The van der Waals surface area contributed by atoms with E-state index in [9.17, 15) is 4.79 Å². The van der Waals surface area contributed by atoms with Crippen molar-refractivity contribution in [2.75, 3.05) is 26.7 Å². The van der Waals surface area contributed by atoms with Gasteiger partial charge >= 0.3 is 0 Å². The molecule has 1 atom stereocenters. The lowest BCUT2D eigenvalue weighted by atomic mass is 10.1. The van der Waals surface area contributed by atoms with Crippen LogP contribution in [-0.4, -0.2) is 56.6 Å². The van der Waals surface area contributed by atoms with Gasteiger partial charge in [0.15, 0.2) is 0 Å². The average Bonchev–Trinajstić information content (AvgIpc) is 2.97. The summed E-state index contributed by atoms with van der Waals surface area (Å²) in [4.78, 5) is 23.2. The van der Waals surface area contributed by atoms with E-state index in [1.165, 1.54) is 6.07 Å². The SMILES string of the molecule is CN1CCN(Cc2ccc(=O)[nH]n2)CC1c1ncc[nH]1. The first-order chi connectivity index (χ1) is 9.72. The predicted molar refractivity (Wildman–Crippen MR) is 74.1 cm³/mol. The van der Waals surface area contributed by atoms with Crippen LogP contribution >= 0.6 is 0 Å². The minimum atomic E-state index is -0.166. The molecule has 0 bridgehead atoms. The Kier molecular flexibility index (Phi) is 3.62. The van der Waals surface area contributed by atoms with Gasteiger partial charge in [0, 0.05) is 44.6 Å². The molecule has 106 valence electrons. The molecule has 0 saturated carbocycles. The molecule has 0 spiro atoms. The number of aromatic nitrogens is 4. The van der Waals surface area contributed by atoms with E-state index < -0.39 is 0 Å². The first-order valence-electron chi connectivity index (χ1n) is 6.69. The maximum Gasteiger partial charge on any atom is 0.264 e. The summed E-state index contributed by atoms with van der Waals surface area (Å²) in [6.07, 6.45) is 3.64. The highest BCUT2D eigenvalue weighted by Crippen LogP contribution is 2.21. The van der Waals surface area contributed by atoms with E-state index in [0.29, 0.717) is 0 Å². The highest BCUT2D eigenvalue weighted by molar-refractivity contribution is 5.03. The number of nitrogens with zero attached hydrogens (tertiary/aromatic N) is 4. The molecule has 1 saturated heterocycles. The van der Waals surface area contributed by atoms with Gasteiger partial charge in [0.05, 0.1) is 11.7 Å². The van der Waals surface area contributed by atoms with Crippen LogP contribution in [0.3, 0.4) is 0 Å². The quantitative estimate of drug-likeness (QED) is 0.822. The predicted octanol–water partition coefficient (Wildman–Crippen LogP) is -0.0183. The molecule has 0 radical (unpaired) electrons.